The number of carbonyl (C=O) groups is 1. The van der Waals surface area contributed by atoms with E-state index >= 15 is 0 Å². The zero-order valence-electron chi connectivity index (χ0n) is 9.42. The van der Waals surface area contributed by atoms with Gasteiger partial charge in [-0.05, 0) is 20.0 Å². The van der Waals surface area contributed by atoms with Gasteiger partial charge >= 0.3 is 0 Å². The van der Waals surface area contributed by atoms with Gasteiger partial charge in [-0.15, -0.1) is 0 Å². The van der Waals surface area contributed by atoms with Crippen molar-refractivity contribution in [2.24, 2.45) is 5.73 Å². The third kappa shape index (κ3) is 22.6. The number of ether oxygens (including phenoxy) is 1. The Morgan fingerprint density at radius 2 is 2.14 bits per heavy atom. The minimum absolute atomic E-state index is 0.472. The van der Waals surface area contributed by atoms with Crippen molar-refractivity contribution in [3.8, 4) is 0 Å². The topological polar surface area (TPSA) is 64.3 Å². The highest BCUT2D eigenvalue weighted by Gasteiger charge is 1.81. The minimum atomic E-state index is 0.472. The maximum Gasteiger partial charge on any atom is 0.122 e. The zero-order chi connectivity index (χ0) is 11.1. The first-order valence-electron chi connectivity index (χ1n) is 5.19. The van der Waals surface area contributed by atoms with E-state index in [0.29, 0.717) is 26.2 Å². The van der Waals surface area contributed by atoms with Crippen LogP contribution in [0, 0.1) is 0 Å². The monoisotopic (exact) mass is 204 g/mol. The summed E-state index contributed by atoms with van der Waals surface area (Å²) in [5, 5.41) is 3.07. The predicted octanol–water partition coefficient (Wildman–Crippen LogP) is 0.557. The first-order chi connectivity index (χ1) is 6.83. The average Bonchev–Trinajstić information content (AvgIpc) is 2.22. The Labute approximate surface area is 87.2 Å². The van der Waals surface area contributed by atoms with Crippen molar-refractivity contribution in [2.45, 2.75) is 26.2 Å². The van der Waals surface area contributed by atoms with Crippen LogP contribution in [-0.4, -0.2) is 39.6 Å². The van der Waals surface area contributed by atoms with Crippen molar-refractivity contribution in [2.75, 3.05) is 33.4 Å². The first-order valence-corrected chi connectivity index (χ1v) is 5.19. The molecule has 0 aliphatic rings. The van der Waals surface area contributed by atoms with Crippen LogP contribution in [0.5, 0.6) is 0 Å². The lowest BCUT2D eigenvalue weighted by atomic mass is 10.3. The molecule has 0 saturated heterocycles. The summed E-state index contributed by atoms with van der Waals surface area (Å²) in [6, 6.07) is 0. The van der Waals surface area contributed by atoms with Gasteiger partial charge in [-0.3, -0.25) is 0 Å². The maximum absolute atomic E-state index is 9.66. The summed E-state index contributed by atoms with van der Waals surface area (Å²) in [6.07, 6.45) is 3.90. The number of carbonyl (C=O) groups excluding carboxylic acids is 1. The molecule has 4 heteroatoms. The van der Waals surface area contributed by atoms with Gasteiger partial charge < -0.3 is 20.6 Å². The quantitative estimate of drug-likeness (QED) is 0.448. The highest BCUT2D eigenvalue weighted by Crippen LogP contribution is 1.79. The molecule has 0 amide bonds. The molecular formula is C10H24N2O2. The van der Waals surface area contributed by atoms with E-state index in [1.807, 2.05) is 7.05 Å². The Morgan fingerprint density at radius 3 is 2.50 bits per heavy atom. The summed E-state index contributed by atoms with van der Waals surface area (Å²) in [5.74, 6) is 0. The van der Waals surface area contributed by atoms with Crippen LogP contribution in [0.4, 0.5) is 0 Å². The Kier molecular flexibility index (Phi) is 21.0. The molecule has 0 radical (unpaired) electrons. The van der Waals surface area contributed by atoms with E-state index in [4.69, 9.17) is 10.5 Å². The summed E-state index contributed by atoms with van der Waals surface area (Å²) in [7, 11) is 1.98. The van der Waals surface area contributed by atoms with Crippen molar-refractivity contribution in [3.63, 3.8) is 0 Å². The Hall–Kier alpha value is -0.450. The Bertz CT molecular complexity index is 96.1. The molecule has 0 atom stereocenters. The van der Waals surface area contributed by atoms with Crippen molar-refractivity contribution in [3.05, 3.63) is 0 Å². The molecule has 0 fully saturated rings. The number of hydrogen-bond donors (Lipinski definition) is 2. The summed E-state index contributed by atoms with van der Waals surface area (Å²) in [5.41, 5.74) is 5.10. The second kappa shape index (κ2) is 18.4. The number of hydrogen-bond acceptors (Lipinski definition) is 4. The second-order valence-electron chi connectivity index (χ2n) is 2.81. The van der Waals surface area contributed by atoms with Gasteiger partial charge in [-0.2, -0.15) is 0 Å². The number of rotatable bonds is 8. The zero-order valence-corrected chi connectivity index (χ0v) is 9.42. The summed E-state index contributed by atoms with van der Waals surface area (Å²) in [4.78, 5) is 9.66. The van der Waals surface area contributed by atoms with E-state index in [-0.39, 0.29) is 0 Å². The summed E-state index contributed by atoms with van der Waals surface area (Å²) in [6.45, 7) is 4.93. The van der Waals surface area contributed by atoms with E-state index in [9.17, 15) is 4.79 Å². The van der Waals surface area contributed by atoms with Crippen LogP contribution >= 0.6 is 0 Å². The van der Waals surface area contributed by atoms with Crippen molar-refractivity contribution < 1.29 is 9.53 Å². The van der Waals surface area contributed by atoms with E-state index in [0.717, 1.165) is 12.8 Å². The number of aldehydes is 1. The smallest absolute Gasteiger partial charge is 0.122 e. The largest absolute Gasteiger partial charge is 0.380 e. The van der Waals surface area contributed by atoms with Gasteiger partial charge in [-0.25, -0.2) is 0 Å². The highest BCUT2D eigenvalue weighted by molar-refractivity contribution is 5.49. The molecule has 4 nitrogen and oxygen atoms in total. The number of nitrogens with one attached hydrogen (secondary N) is 1. The van der Waals surface area contributed by atoms with Crippen LogP contribution in [-0.2, 0) is 9.53 Å². The molecule has 14 heavy (non-hydrogen) atoms. The molecule has 3 N–H and O–H groups in total. The molecule has 0 aliphatic heterocycles. The molecule has 0 aromatic heterocycles. The first kappa shape index (κ1) is 16.0. The predicted molar refractivity (Wildman–Crippen MR) is 59.4 cm³/mol. The fourth-order valence-corrected chi connectivity index (χ4v) is 0.670. The maximum atomic E-state index is 9.66. The fourth-order valence-electron chi connectivity index (χ4n) is 0.670. The standard InChI is InChI=1S/C5H11NO2.C5H13N/c6-2-5-8-4-1-3-7;1-3-4-5-6-2/h3H,1-2,4-6H2;6H,3-5H2,1-2H3. The van der Waals surface area contributed by atoms with Crippen LogP contribution in [0.25, 0.3) is 0 Å². The normalized spacial score (nSPS) is 9.07. The number of nitrogens with two attached hydrogens (primary N) is 1. The van der Waals surface area contributed by atoms with Crippen LogP contribution in [0.15, 0.2) is 0 Å². The van der Waals surface area contributed by atoms with Crippen LogP contribution in [0.3, 0.4) is 0 Å². The molecule has 0 aliphatic carbocycles. The fraction of sp³-hybridized carbons (Fsp3) is 0.900. The van der Waals surface area contributed by atoms with Gasteiger partial charge in [0.1, 0.15) is 6.29 Å². The van der Waals surface area contributed by atoms with Gasteiger partial charge in [0.05, 0.1) is 13.2 Å². The SMILES string of the molecule is CCCCNC.NCCOCCC=O. The summed E-state index contributed by atoms with van der Waals surface area (Å²) >= 11 is 0. The van der Waals surface area contributed by atoms with Crippen molar-refractivity contribution in [1.82, 2.24) is 5.32 Å². The second-order valence-corrected chi connectivity index (χ2v) is 2.81. The number of unbranched alkanes of at least 4 members (excludes halogenated alkanes) is 1. The lowest BCUT2D eigenvalue weighted by Crippen LogP contribution is -2.08. The molecule has 86 valence electrons. The van der Waals surface area contributed by atoms with E-state index < -0.39 is 0 Å². The van der Waals surface area contributed by atoms with Crippen LogP contribution in [0.2, 0.25) is 0 Å². The van der Waals surface area contributed by atoms with Crippen LogP contribution in [0.1, 0.15) is 26.2 Å². The molecule has 0 heterocycles. The molecule has 0 bridgehead atoms. The van der Waals surface area contributed by atoms with E-state index in [1.54, 1.807) is 0 Å². The Balaban J connectivity index is 0. The van der Waals surface area contributed by atoms with Crippen LogP contribution < -0.4 is 11.1 Å². The summed E-state index contributed by atoms with van der Waals surface area (Å²) < 4.78 is 4.87. The van der Waals surface area contributed by atoms with Gasteiger partial charge in [0.2, 0.25) is 0 Å². The third-order valence-corrected chi connectivity index (χ3v) is 1.42. The van der Waals surface area contributed by atoms with E-state index in [1.165, 1.54) is 12.8 Å². The van der Waals surface area contributed by atoms with Crippen molar-refractivity contribution in [1.29, 1.82) is 0 Å². The molecule has 0 unspecified atom stereocenters. The van der Waals surface area contributed by atoms with Gasteiger partial charge in [0.15, 0.2) is 0 Å². The molecule has 0 saturated carbocycles. The van der Waals surface area contributed by atoms with Gasteiger partial charge in [-0.1, -0.05) is 13.3 Å². The minimum Gasteiger partial charge on any atom is -0.380 e. The molecule has 0 rings (SSSR count). The molecule has 0 aromatic rings. The van der Waals surface area contributed by atoms with Gasteiger partial charge in [0.25, 0.3) is 0 Å². The Morgan fingerprint density at radius 1 is 1.43 bits per heavy atom. The van der Waals surface area contributed by atoms with E-state index in [2.05, 4.69) is 12.2 Å². The highest BCUT2D eigenvalue weighted by atomic mass is 16.5. The van der Waals surface area contributed by atoms with Crippen molar-refractivity contribution >= 4 is 6.29 Å². The lowest BCUT2D eigenvalue weighted by molar-refractivity contribution is -0.108. The third-order valence-electron chi connectivity index (χ3n) is 1.42. The molecule has 0 spiro atoms. The van der Waals surface area contributed by atoms with Gasteiger partial charge in [0, 0.05) is 13.0 Å². The molecule has 0 aromatic carbocycles. The molecular weight excluding hydrogens is 180 g/mol. The average molecular weight is 204 g/mol. The lowest BCUT2D eigenvalue weighted by Gasteiger charge is -1.95.